The summed E-state index contributed by atoms with van der Waals surface area (Å²) in [5.74, 6) is 0.702. The predicted molar refractivity (Wildman–Crippen MR) is 66.4 cm³/mol. The first-order chi connectivity index (χ1) is 7.29. The average Bonchev–Trinajstić information content (AvgIpc) is 2.69. The molecule has 78 valence electrons. The van der Waals surface area contributed by atoms with Gasteiger partial charge < -0.3 is 9.67 Å². The van der Waals surface area contributed by atoms with Crippen LogP contribution in [0.3, 0.4) is 0 Å². The van der Waals surface area contributed by atoms with Gasteiger partial charge in [-0.3, -0.25) is 0 Å². The zero-order valence-electron chi connectivity index (χ0n) is 8.10. The van der Waals surface area contributed by atoms with Gasteiger partial charge in [-0.2, -0.15) is 0 Å². The molecular weight excluding hydrogens is 303 g/mol. The minimum atomic E-state index is -0.0165. The van der Waals surface area contributed by atoms with Crippen LogP contribution in [-0.4, -0.2) is 14.7 Å². The molecule has 15 heavy (non-hydrogen) atoms. The Hall–Kier alpha value is -0.880. The number of imidazole rings is 1. The topological polar surface area (TPSA) is 38.1 Å². The van der Waals surface area contributed by atoms with Gasteiger partial charge in [0.25, 0.3) is 0 Å². The monoisotopic (exact) mass is 314 g/mol. The highest BCUT2D eigenvalue weighted by molar-refractivity contribution is 14.1. The molecule has 1 heterocycles. The van der Waals surface area contributed by atoms with Gasteiger partial charge in [0, 0.05) is 22.5 Å². The highest BCUT2D eigenvalue weighted by Crippen LogP contribution is 2.09. The van der Waals surface area contributed by atoms with Crippen molar-refractivity contribution in [1.82, 2.24) is 9.55 Å². The maximum Gasteiger partial charge on any atom is 0.134 e. The van der Waals surface area contributed by atoms with Crippen molar-refractivity contribution >= 4 is 22.6 Å². The highest BCUT2D eigenvalue weighted by Gasteiger charge is 2.01. The van der Waals surface area contributed by atoms with E-state index in [9.17, 15) is 0 Å². The summed E-state index contributed by atoms with van der Waals surface area (Å²) < 4.78 is 3.17. The zero-order chi connectivity index (χ0) is 10.7. The second-order valence-corrected chi connectivity index (χ2v) is 4.50. The SMILES string of the molecule is OCc1nccn1Cc1ccc(I)cc1. The number of nitrogens with zero attached hydrogens (tertiary/aromatic N) is 2. The lowest BCUT2D eigenvalue weighted by atomic mass is 10.2. The van der Waals surface area contributed by atoms with E-state index in [4.69, 9.17) is 5.11 Å². The Labute approximate surface area is 102 Å². The van der Waals surface area contributed by atoms with Gasteiger partial charge in [-0.25, -0.2) is 4.98 Å². The summed E-state index contributed by atoms with van der Waals surface area (Å²) in [6.45, 7) is 0.740. The number of hydrogen-bond acceptors (Lipinski definition) is 2. The molecule has 0 radical (unpaired) electrons. The lowest BCUT2D eigenvalue weighted by molar-refractivity contribution is 0.266. The molecule has 0 aliphatic heterocycles. The summed E-state index contributed by atoms with van der Waals surface area (Å²) >= 11 is 2.28. The second kappa shape index (κ2) is 4.76. The predicted octanol–water partition coefficient (Wildman–Crippen LogP) is 2.03. The van der Waals surface area contributed by atoms with Crippen LogP contribution < -0.4 is 0 Å². The van der Waals surface area contributed by atoms with E-state index in [1.54, 1.807) is 6.20 Å². The lowest BCUT2D eigenvalue weighted by Crippen LogP contribution is -2.04. The van der Waals surface area contributed by atoms with E-state index in [0.29, 0.717) is 5.82 Å². The summed E-state index contributed by atoms with van der Waals surface area (Å²) in [4.78, 5) is 4.06. The molecule has 0 fully saturated rings. The van der Waals surface area contributed by atoms with Crippen LogP contribution in [0.4, 0.5) is 0 Å². The molecule has 0 unspecified atom stereocenters. The van der Waals surface area contributed by atoms with Crippen molar-refractivity contribution in [3.63, 3.8) is 0 Å². The minimum Gasteiger partial charge on any atom is -0.388 e. The summed E-state index contributed by atoms with van der Waals surface area (Å²) in [5, 5.41) is 9.04. The van der Waals surface area contributed by atoms with E-state index in [1.165, 1.54) is 9.13 Å². The van der Waals surface area contributed by atoms with Crippen molar-refractivity contribution < 1.29 is 5.11 Å². The van der Waals surface area contributed by atoms with Crippen LogP contribution in [0.1, 0.15) is 11.4 Å². The van der Waals surface area contributed by atoms with E-state index in [0.717, 1.165) is 6.54 Å². The highest BCUT2D eigenvalue weighted by atomic mass is 127. The number of aliphatic hydroxyl groups is 1. The van der Waals surface area contributed by atoms with Gasteiger partial charge >= 0.3 is 0 Å². The van der Waals surface area contributed by atoms with Crippen molar-refractivity contribution in [1.29, 1.82) is 0 Å². The molecule has 3 nitrogen and oxygen atoms in total. The van der Waals surface area contributed by atoms with Crippen LogP contribution in [0, 0.1) is 3.57 Å². The molecule has 4 heteroatoms. The summed E-state index contributed by atoms with van der Waals surface area (Å²) in [6.07, 6.45) is 3.59. The van der Waals surface area contributed by atoms with Crippen LogP contribution in [-0.2, 0) is 13.2 Å². The van der Waals surface area contributed by atoms with Crippen molar-refractivity contribution in [3.8, 4) is 0 Å². The summed E-state index contributed by atoms with van der Waals surface area (Å²) in [7, 11) is 0. The van der Waals surface area contributed by atoms with Crippen LogP contribution in [0.15, 0.2) is 36.7 Å². The molecule has 1 N–H and O–H groups in total. The van der Waals surface area contributed by atoms with Gasteiger partial charge in [-0.1, -0.05) is 12.1 Å². The molecule has 0 atom stereocenters. The molecule has 1 aromatic carbocycles. The van der Waals surface area contributed by atoms with Gasteiger partial charge in [0.2, 0.25) is 0 Å². The molecule has 0 bridgehead atoms. The Morgan fingerprint density at radius 3 is 2.67 bits per heavy atom. The van der Waals surface area contributed by atoms with Gasteiger partial charge in [0.1, 0.15) is 12.4 Å². The van der Waals surface area contributed by atoms with Crippen LogP contribution in [0.5, 0.6) is 0 Å². The fourth-order valence-corrected chi connectivity index (χ4v) is 1.78. The van der Waals surface area contributed by atoms with Crippen LogP contribution in [0.25, 0.3) is 0 Å². The Morgan fingerprint density at radius 2 is 2.00 bits per heavy atom. The maximum atomic E-state index is 9.04. The largest absolute Gasteiger partial charge is 0.388 e. The lowest BCUT2D eigenvalue weighted by Gasteiger charge is -2.06. The molecular formula is C11H11IN2O. The third kappa shape index (κ3) is 2.57. The van der Waals surface area contributed by atoms with Crippen LogP contribution in [0.2, 0.25) is 0 Å². The van der Waals surface area contributed by atoms with Crippen molar-refractivity contribution in [2.24, 2.45) is 0 Å². The molecule has 0 amide bonds. The minimum absolute atomic E-state index is 0.0165. The maximum absolute atomic E-state index is 9.04. The van der Waals surface area contributed by atoms with E-state index in [1.807, 2.05) is 10.8 Å². The number of halogens is 1. The molecule has 0 spiro atoms. The number of hydrogen-bond donors (Lipinski definition) is 1. The molecule has 1 aromatic heterocycles. The van der Waals surface area contributed by atoms with Gasteiger partial charge in [-0.15, -0.1) is 0 Å². The number of aromatic nitrogens is 2. The molecule has 0 saturated carbocycles. The first-order valence-electron chi connectivity index (χ1n) is 4.65. The molecule has 0 saturated heterocycles. The van der Waals surface area contributed by atoms with Gasteiger partial charge in [0.05, 0.1) is 0 Å². The van der Waals surface area contributed by atoms with E-state index < -0.39 is 0 Å². The van der Waals surface area contributed by atoms with Crippen molar-refractivity contribution in [2.75, 3.05) is 0 Å². The smallest absolute Gasteiger partial charge is 0.134 e. The van der Waals surface area contributed by atoms with E-state index in [-0.39, 0.29) is 6.61 Å². The normalized spacial score (nSPS) is 10.5. The van der Waals surface area contributed by atoms with Crippen LogP contribution >= 0.6 is 22.6 Å². The van der Waals surface area contributed by atoms with Crippen molar-refractivity contribution in [2.45, 2.75) is 13.2 Å². The quantitative estimate of drug-likeness (QED) is 0.881. The van der Waals surface area contributed by atoms with E-state index in [2.05, 4.69) is 51.8 Å². The summed E-state index contributed by atoms with van der Waals surface area (Å²) in [5.41, 5.74) is 1.21. The van der Waals surface area contributed by atoms with Gasteiger partial charge in [0.15, 0.2) is 0 Å². The third-order valence-electron chi connectivity index (χ3n) is 2.21. The average molecular weight is 314 g/mol. The number of rotatable bonds is 3. The van der Waals surface area contributed by atoms with E-state index >= 15 is 0 Å². The molecule has 0 aliphatic rings. The molecule has 0 aliphatic carbocycles. The number of aliphatic hydroxyl groups excluding tert-OH is 1. The second-order valence-electron chi connectivity index (χ2n) is 3.26. The number of benzene rings is 1. The first kappa shape index (κ1) is 10.6. The first-order valence-corrected chi connectivity index (χ1v) is 5.73. The third-order valence-corrected chi connectivity index (χ3v) is 2.93. The summed E-state index contributed by atoms with van der Waals surface area (Å²) in [6, 6.07) is 8.32. The Bertz CT molecular complexity index is 436. The Balaban J connectivity index is 2.18. The Kier molecular flexibility index (Phi) is 3.37. The fourth-order valence-electron chi connectivity index (χ4n) is 1.42. The Morgan fingerprint density at radius 1 is 1.27 bits per heavy atom. The van der Waals surface area contributed by atoms with Crippen molar-refractivity contribution in [3.05, 3.63) is 51.6 Å². The molecule has 2 rings (SSSR count). The molecule has 2 aromatic rings. The standard InChI is InChI=1S/C11H11IN2O/c12-10-3-1-9(2-4-10)7-14-6-5-13-11(14)8-15/h1-6,15H,7-8H2. The van der Waals surface area contributed by atoms with Gasteiger partial charge in [-0.05, 0) is 40.3 Å². The fraction of sp³-hybridized carbons (Fsp3) is 0.182. The zero-order valence-corrected chi connectivity index (χ0v) is 10.3.